The molecule has 2 aromatic rings. The molecule has 3 rings (SSSR count). The minimum Gasteiger partial charge on any atom is -0.373 e. The molecule has 0 atom stereocenters. The van der Waals surface area contributed by atoms with Crippen molar-refractivity contribution in [3.8, 4) is 0 Å². The van der Waals surface area contributed by atoms with Gasteiger partial charge >= 0.3 is 0 Å². The molecule has 0 bridgehead atoms. The molecule has 0 spiro atoms. The SMILES string of the molecule is CNc1cc([N+](=O)[O-])cc(N2CCn3cnnc3C2)n1. The molecule has 0 radical (unpaired) electrons. The van der Waals surface area contributed by atoms with Gasteiger partial charge in [-0.25, -0.2) is 4.98 Å². The molecule has 0 unspecified atom stereocenters. The van der Waals surface area contributed by atoms with Crippen LogP contribution in [0.15, 0.2) is 18.5 Å². The van der Waals surface area contributed by atoms with Gasteiger partial charge in [-0.3, -0.25) is 10.1 Å². The fourth-order valence-corrected chi connectivity index (χ4v) is 2.16. The monoisotopic (exact) mass is 275 g/mol. The predicted molar refractivity (Wildman–Crippen MR) is 71.5 cm³/mol. The van der Waals surface area contributed by atoms with Gasteiger partial charge in [0, 0.05) is 20.1 Å². The van der Waals surface area contributed by atoms with E-state index < -0.39 is 4.92 Å². The van der Waals surface area contributed by atoms with Crippen molar-refractivity contribution < 1.29 is 4.92 Å². The molecule has 104 valence electrons. The Kier molecular flexibility index (Phi) is 2.93. The van der Waals surface area contributed by atoms with Crippen LogP contribution in [0.2, 0.25) is 0 Å². The number of hydrogen-bond donors (Lipinski definition) is 1. The number of nitro groups is 1. The van der Waals surface area contributed by atoms with Gasteiger partial charge in [0.25, 0.3) is 5.69 Å². The number of anilines is 2. The Bertz CT molecular complexity index is 654. The van der Waals surface area contributed by atoms with Crippen LogP contribution in [-0.2, 0) is 13.1 Å². The van der Waals surface area contributed by atoms with E-state index >= 15 is 0 Å². The summed E-state index contributed by atoms with van der Waals surface area (Å²) < 4.78 is 1.97. The van der Waals surface area contributed by atoms with Crippen LogP contribution < -0.4 is 10.2 Å². The van der Waals surface area contributed by atoms with E-state index in [0.29, 0.717) is 24.7 Å². The number of rotatable bonds is 3. The lowest BCUT2D eigenvalue weighted by Crippen LogP contribution is -2.34. The summed E-state index contributed by atoms with van der Waals surface area (Å²) in [6, 6.07) is 2.89. The summed E-state index contributed by atoms with van der Waals surface area (Å²) in [5.74, 6) is 1.87. The van der Waals surface area contributed by atoms with E-state index in [0.717, 1.165) is 12.4 Å². The van der Waals surface area contributed by atoms with E-state index in [9.17, 15) is 10.1 Å². The largest absolute Gasteiger partial charge is 0.373 e. The van der Waals surface area contributed by atoms with Crippen LogP contribution in [0.5, 0.6) is 0 Å². The highest BCUT2D eigenvalue weighted by molar-refractivity contribution is 5.55. The first-order chi connectivity index (χ1) is 9.67. The van der Waals surface area contributed by atoms with Crippen LogP contribution in [0.4, 0.5) is 17.3 Å². The molecule has 0 amide bonds. The lowest BCUT2D eigenvalue weighted by atomic mass is 10.3. The van der Waals surface area contributed by atoms with Crippen molar-refractivity contribution in [1.29, 1.82) is 0 Å². The predicted octanol–water partition coefficient (Wildman–Crippen LogP) is 0.643. The van der Waals surface area contributed by atoms with Crippen molar-refractivity contribution in [2.45, 2.75) is 13.1 Å². The highest BCUT2D eigenvalue weighted by Crippen LogP contribution is 2.25. The van der Waals surface area contributed by atoms with Crippen LogP contribution in [0.1, 0.15) is 5.82 Å². The summed E-state index contributed by atoms with van der Waals surface area (Å²) in [5, 5.41) is 21.7. The molecule has 20 heavy (non-hydrogen) atoms. The number of nitrogens with zero attached hydrogens (tertiary/aromatic N) is 6. The molecule has 1 aliphatic heterocycles. The maximum Gasteiger partial charge on any atom is 0.276 e. The van der Waals surface area contributed by atoms with Gasteiger partial charge in [-0.2, -0.15) is 0 Å². The van der Waals surface area contributed by atoms with Gasteiger partial charge in [0.05, 0.1) is 23.6 Å². The summed E-state index contributed by atoms with van der Waals surface area (Å²) >= 11 is 0. The average molecular weight is 275 g/mol. The summed E-state index contributed by atoms with van der Waals surface area (Å²) in [6.45, 7) is 1.99. The Balaban J connectivity index is 1.94. The quantitative estimate of drug-likeness (QED) is 0.647. The summed E-state index contributed by atoms with van der Waals surface area (Å²) in [7, 11) is 1.68. The maximum atomic E-state index is 11.0. The third-order valence-electron chi connectivity index (χ3n) is 3.23. The summed E-state index contributed by atoms with van der Waals surface area (Å²) in [6.07, 6.45) is 1.69. The molecule has 0 aliphatic carbocycles. The number of aromatic nitrogens is 4. The van der Waals surface area contributed by atoms with Gasteiger partial charge in [0.15, 0.2) is 5.82 Å². The first-order valence-corrected chi connectivity index (χ1v) is 6.13. The molecule has 1 N–H and O–H groups in total. The van der Waals surface area contributed by atoms with Crippen LogP contribution in [0, 0.1) is 10.1 Å². The first kappa shape index (κ1) is 12.3. The van der Waals surface area contributed by atoms with Crippen molar-refractivity contribution in [3.05, 3.63) is 34.4 Å². The average Bonchev–Trinajstić information content (AvgIpc) is 2.94. The third kappa shape index (κ3) is 2.13. The summed E-state index contributed by atoms with van der Waals surface area (Å²) in [5.41, 5.74) is 0.0198. The fourth-order valence-electron chi connectivity index (χ4n) is 2.16. The Morgan fingerprint density at radius 3 is 3.00 bits per heavy atom. The van der Waals surface area contributed by atoms with Crippen molar-refractivity contribution in [2.24, 2.45) is 0 Å². The Hall–Kier alpha value is -2.71. The third-order valence-corrected chi connectivity index (χ3v) is 3.23. The van der Waals surface area contributed by atoms with Gasteiger partial charge in [-0.15, -0.1) is 10.2 Å². The van der Waals surface area contributed by atoms with Crippen LogP contribution >= 0.6 is 0 Å². The van der Waals surface area contributed by atoms with E-state index in [2.05, 4.69) is 20.5 Å². The number of pyridine rings is 1. The molecule has 0 saturated carbocycles. The highest BCUT2D eigenvalue weighted by Gasteiger charge is 2.21. The molecular weight excluding hydrogens is 262 g/mol. The zero-order valence-electron chi connectivity index (χ0n) is 10.9. The second-order valence-corrected chi connectivity index (χ2v) is 4.44. The Morgan fingerprint density at radius 1 is 1.40 bits per heavy atom. The fraction of sp³-hybridized carbons (Fsp3) is 0.364. The first-order valence-electron chi connectivity index (χ1n) is 6.13. The van der Waals surface area contributed by atoms with Gasteiger partial charge in [-0.05, 0) is 0 Å². The second kappa shape index (κ2) is 4.76. The van der Waals surface area contributed by atoms with Crippen LogP contribution in [0.3, 0.4) is 0 Å². The van der Waals surface area contributed by atoms with Gasteiger partial charge < -0.3 is 14.8 Å². The molecule has 9 heteroatoms. The normalized spacial score (nSPS) is 13.9. The van der Waals surface area contributed by atoms with Crippen LogP contribution in [-0.4, -0.2) is 38.3 Å². The van der Waals surface area contributed by atoms with E-state index in [-0.39, 0.29) is 5.69 Å². The number of nitrogens with one attached hydrogen (secondary N) is 1. The highest BCUT2D eigenvalue weighted by atomic mass is 16.6. The van der Waals surface area contributed by atoms with E-state index in [4.69, 9.17) is 0 Å². The molecule has 0 fully saturated rings. The van der Waals surface area contributed by atoms with Gasteiger partial charge in [-0.1, -0.05) is 0 Å². The lowest BCUT2D eigenvalue weighted by Gasteiger charge is -2.28. The number of hydrogen-bond acceptors (Lipinski definition) is 7. The lowest BCUT2D eigenvalue weighted by molar-refractivity contribution is -0.384. The van der Waals surface area contributed by atoms with Crippen molar-refractivity contribution in [3.63, 3.8) is 0 Å². The standard InChI is InChI=1S/C11H13N7O2/c1-12-9-4-8(18(19)20)5-10(14-9)16-2-3-17-7-13-15-11(17)6-16/h4-5,7H,2-3,6H2,1H3,(H,12,14). The van der Waals surface area contributed by atoms with E-state index in [1.807, 2.05) is 9.47 Å². The summed E-state index contributed by atoms with van der Waals surface area (Å²) in [4.78, 5) is 16.9. The zero-order valence-corrected chi connectivity index (χ0v) is 10.9. The van der Waals surface area contributed by atoms with Crippen LogP contribution in [0.25, 0.3) is 0 Å². The smallest absolute Gasteiger partial charge is 0.276 e. The topological polar surface area (TPSA) is 102 Å². The molecule has 3 heterocycles. The maximum absolute atomic E-state index is 11.0. The van der Waals surface area contributed by atoms with E-state index in [1.165, 1.54) is 12.1 Å². The molecule has 0 saturated heterocycles. The molecular formula is C11H13N7O2. The zero-order chi connectivity index (χ0) is 14.1. The Morgan fingerprint density at radius 2 is 2.25 bits per heavy atom. The Labute approximate surface area is 114 Å². The molecule has 1 aliphatic rings. The van der Waals surface area contributed by atoms with Crippen molar-refractivity contribution in [2.75, 3.05) is 23.8 Å². The number of fused-ring (bicyclic) bond motifs is 1. The van der Waals surface area contributed by atoms with Gasteiger partial charge in [0.2, 0.25) is 0 Å². The van der Waals surface area contributed by atoms with Gasteiger partial charge in [0.1, 0.15) is 18.0 Å². The van der Waals surface area contributed by atoms with Crippen molar-refractivity contribution >= 4 is 17.3 Å². The van der Waals surface area contributed by atoms with Crippen molar-refractivity contribution in [1.82, 2.24) is 19.7 Å². The second-order valence-electron chi connectivity index (χ2n) is 4.44. The minimum atomic E-state index is -0.418. The van der Waals surface area contributed by atoms with E-state index in [1.54, 1.807) is 13.4 Å². The minimum absolute atomic E-state index is 0.0198. The molecule has 9 nitrogen and oxygen atoms in total. The molecule has 2 aromatic heterocycles. The molecule has 0 aromatic carbocycles.